The fourth-order valence-corrected chi connectivity index (χ4v) is 10.2. The van der Waals surface area contributed by atoms with Crippen molar-refractivity contribution in [1.82, 2.24) is 0 Å². The molecule has 1 N–H and O–H groups in total. The average Bonchev–Trinajstić information content (AvgIpc) is 3.03. The third-order valence-electron chi connectivity index (χ3n) is 7.67. The van der Waals surface area contributed by atoms with Crippen LogP contribution in [-0.2, 0) is 4.57 Å². The van der Waals surface area contributed by atoms with Crippen LogP contribution in [0.1, 0.15) is 0 Å². The summed E-state index contributed by atoms with van der Waals surface area (Å²) >= 11 is 0. The molecule has 0 aliphatic carbocycles. The van der Waals surface area contributed by atoms with E-state index < -0.39 is 15.3 Å². The van der Waals surface area contributed by atoms with Crippen LogP contribution in [0.25, 0.3) is 32.3 Å². The van der Waals surface area contributed by atoms with Crippen LogP contribution in [0.3, 0.4) is 0 Å². The van der Waals surface area contributed by atoms with Crippen LogP contribution in [0.4, 0.5) is 0 Å². The van der Waals surface area contributed by atoms with E-state index in [2.05, 4.69) is 48.5 Å². The molecule has 1 unspecified atom stereocenters. The maximum absolute atomic E-state index is 13.8. The van der Waals surface area contributed by atoms with E-state index in [-0.39, 0.29) is 0 Å². The van der Waals surface area contributed by atoms with Gasteiger partial charge in [0.2, 0.25) is 12.8 Å². The van der Waals surface area contributed by atoms with Gasteiger partial charge in [-0.05, 0) is 64.7 Å². The predicted molar refractivity (Wildman–Crippen MR) is 173 cm³/mol. The largest absolute Gasteiger partial charge is 0.415 e. The highest BCUT2D eigenvalue weighted by Crippen LogP contribution is 2.53. The second-order valence-corrected chi connectivity index (χ2v) is 14.3. The Morgan fingerprint density at radius 1 is 0.450 bits per heavy atom. The number of benzene rings is 7. The maximum atomic E-state index is 13.8. The van der Waals surface area contributed by atoms with Crippen LogP contribution in [0.2, 0.25) is 0 Å². The van der Waals surface area contributed by atoms with Gasteiger partial charge in [0.25, 0.3) is 0 Å². The fraction of sp³-hybridized carbons (Fsp3) is 0. The molecule has 0 amide bonds. The highest BCUT2D eigenvalue weighted by atomic mass is 31.2. The Hall–Kier alpha value is -4.19. The molecular formula is C36H26O2P2+2. The van der Waals surface area contributed by atoms with Crippen molar-refractivity contribution in [3.63, 3.8) is 0 Å². The first-order valence-corrected chi connectivity index (χ1v) is 16.3. The predicted octanol–water partition coefficient (Wildman–Crippen LogP) is 7.13. The van der Waals surface area contributed by atoms with Crippen LogP contribution < -0.4 is 26.5 Å². The van der Waals surface area contributed by atoms with E-state index in [1.165, 1.54) is 0 Å². The Kier molecular flexibility index (Phi) is 6.26. The lowest BCUT2D eigenvalue weighted by molar-refractivity contribution is 0.598. The Morgan fingerprint density at radius 3 is 1.43 bits per heavy atom. The molecule has 0 heterocycles. The van der Waals surface area contributed by atoms with Gasteiger partial charge < -0.3 is 0 Å². The van der Waals surface area contributed by atoms with Crippen molar-refractivity contribution in [3.8, 4) is 0 Å². The monoisotopic (exact) mass is 552 g/mol. The first-order valence-electron chi connectivity index (χ1n) is 13.3. The Labute approximate surface area is 234 Å². The van der Waals surface area contributed by atoms with E-state index in [9.17, 15) is 9.46 Å². The number of hydrogen-bond acceptors (Lipinski definition) is 2. The van der Waals surface area contributed by atoms with E-state index >= 15 is 0 Å². The summed E-state index contributed by atoms with van der Waals surface area (Å²) in [5.41, 5.74) is 0. The van der Waals surface area contributed by atoms with Gasteiger partial charge in [-0.25, -0.2) is 4.89 Å². The zero-order valence-electron chi connectivity index (χ0n) is 21.7. The number of rotatable bonds is 5. The van der Waals surface area contributed by atoms with E-state index in [1.807, 2.05) is 103 Å². The summed E-state index contributed by atoms with van der Waals surface area (Å²) < 4.78 is 13.8. The molecule has 40 heavy (non-hydrogen) atoms. The number of fused-ring (bicyclic) bond motifs is 3. The van der Waals surface area contributed by atoms with Crippen LogP contribution in [0.15, 0.2) is 152 Å². The summed E-state index contributed by atoms with van der Waals surface area (Å²) in [6.45, 7) is 0. The average molecular weight is 553 g/mol. The van der Waals surface area contributed by atoms with Crippen molar-refractivity contribution in [2.45, 2.75) is 0 Å². The van der Waals surface area contributed by atoms with E-state index in [0.29, 0.717) is 0 Å². The fourth-order valence-electron chi connectivity index (χ4n) is 5.72. The highest BCUT2D eigenvalue weighted by molar-refractivity contribution is 7.91. The maximum Gasteiger partial charge on any atom is 0.415 e. The second-order valence-electron chi connectivity index (χ2n) is 9.94. The lowest BCUT2D eigenvalue weighted by Gasteiger charge is -2.23. The van der Waals surface area contributed by atoms with E-state index in [0.717, 1.165) is 58.8 Å². The van der Waals surface area contributed by atoms with Gasteiger partial charge in [-0.2, -0.15) is 0 Å². The lowest BCUT2D eigenvalue weighted by atomic mass is 10.1. The lowest BCUT2D eigenvalue weighted by Crippen LogP contribution is -2.32. The SMILES string of the molecule is O=[P+](c1ccc([P+](O)(c2cccc3ccccc23)c2cccc3ccccc23)cc1)c1cccc2ccccc12. The molecule has 1 atom stereocenters. The van der Waals surface area contributed by atoms with Gasteiger partial charge >= 0.3 is 7.80 Å². The summed E-state index contributed by atoms with van der Waals surface area (Å²) in [6.07, 6.45) is 0. The van der Waals surface area contributed by atoms with Gasteiger partial charge in [-0.3, -0.25) is 0 Å². The van der Waals surface area contributed by atoms with Crippen molar-refractivity contribution in [1.29, 1.82) is 0 Å². The van der Waals surface area contributed by atoms with Crippen LogP contribution in [0.5, 0.6) is 0 Å². The van der Waals surface area contributed by atoms with Crippen LogP contribution in [0, 0.1) is 0 Å². The molecule has 4 heteroatoms. The standard InChI is InChI=1S/C36H26O2P2/c37-39(34-19-7-13-26-10-1-4-16-31(26)34)29-22-24-30(25-23-29)40(38,35-20-8-14-27-11-2-5-17-32(27)35)36-21-9-15-28-12-3-6-18-33(28)36/h1-25,38H/q+2. The molecule has 0 aromatic heterocycles. The van der Waals surface area contributed by atoms with Gasteiger partial charge in [-0.15, -0.1) is 0 Å². The van der Waals surface area contributed by atoms with Gasteiger partial charge in [-0.1, -0.05) is 108 Å². The van der Waals surface area contributed by atoms with Gasteiger partial charge in [0.15, 0.2) is 5.30 Å². The third-order valence-corrected chi connectivity index (χ3v) is 12.5. The van der Waals surface area contributed by atoms with Gasteiger partial charge in [0, 0.05) is 16.2 Å². The molecule has 2 nitrogen and oxygen atoms in total. The molecule has 7 aromatic carbocycles. The smallest absolute Gasteiger partial charge is 0.235 e. The Bertz CT molecular complexity index is 1950. The first kappa shape index (κ1) is 24.8. The third kappa shape index (κ3) is 4.05. The molecule has 7 aromatic rings. The Balaban J connectivity index is 1.42. The minimum Gasteiger partial charge on any atom is -0.235 e. The highest BCUT2D eigenvalue weighted by Gasteiger charge is 2.47. The zero-order valence-corrected chi connectivity index (χ0v) is 23.5. The summed E-state index contributed by atoms with van der Waals surface area (Å²) in [5.74, 6) is 0. The Morgan fingerprint density at radius 2 is 0.875 bits per heavy atom. The minimum absolute atomic E-state index is 0.748. The van der Waals surface area contributed by atoms with Crippen molar-refractivity contribution < 1.29 is 9.46 Å². The van der Waals surface area contributed by atoms with Gasteiger partial charge in [0.05, 0.1) is 0 Å². The quantitative estimate of drug-likeness (QED) is 0.231. The molecule has 0 saturated heterocycles. The van der Waals surface area contributed by atoms with Crippen LogP contribution in [-0.4, -0.2) is 4.89 Å². The topological polar surface area (TPSA) is 37.3 Å². The van der Waals surface area contributed by atoms with Crippen molar-refractivity contribution in [2.24, 2.45) is 0 Å². The summed E-state index contributed by atoms with van der Waals surface area (Å²) in [5, 5.41) is 10.6. The zero-order chi connectivity index (χ0) is 27.1. The molecule has 0 bridgehead atoms. The van der Waals surface area contributed by atoms with E-state index in [1.54, 1.807) is 0 Å². The second kappa shape index (κ2) is 10.1. The summed E-state index contributed by atoms with van der Waals surface area (Å²) in [4.78, 5) is 13.0. The molecule has 0 spiro atoms. The summed E-state index contributed by atoms with van der Waals surface area (Å²) in [7, 11) is -4.88. The molecule has 190 valence electrons. The van der Waals surface area contributed by atoms with E-state index in [4.69, 9.17) is 0 Å². The number of hydrogen-bond donors (Lipinski definition) is 1. The molecule has 0 aliphatic rings. The van der Waals surface area contributed by atoms with Crippen molar-refractivity contribution >= 4 is 74.1 Å². The molecule has 0 radical (unpaired) electrons. The molecule has 7 rings (SSSR count). The molecule has 0 saturated carbocycles. The molecule has 0 fully saturated rings. The van der Waals surface area contributed by atoms with Crippen molar-refractivity contribution in [3.05, 3.63) is 152 Å². The van der Waals surface area contributed by atoms with Gasteiger partial charge in [0.1, 0.15) is 15.9 Å². The van der Waals surface area contributed by atoms with Crippen molar-refractivity contribution in [2.75, 3.05) is 0 Å². The minimum atomic E-state index is -3.07. The normalized spacial score (nSPS) is 12.2. The first-order chi connectivity index (χ1) is 19.6. The van der Waals surface area contributed by atoms with Crippen LogP contribution >= 0.6 is 15.3 Å². The summed E-state index contributed by atoms with van der Waals surface area (Å²) in [6, 6.07) is 50.6. The molecule has 0 aliphatic heterocycles. The molecular weight excluding hydrogens is 526 g/mol.